The third kappa shape index (κ3) is 3.18. The Hall–Kier alpha value is 0.150. The van der Waals surface area contributed by atoms with Crippen LogP contribution < -0.4 is 5.73 Å². The standard InChI is InChI=1S/C10H13BrCl2N2O2S/c1-6(5-14)15(2)18(16,17)10-3-7(11)8(12)4-9(10)13/h3-4,6H,5,14H2,1-2H3. The van der Waals surface area contributed by atoms with Gasteiger partial charge >= 0.3 is 0 Å². The second-order valence-corrected chi connectivity index (χ2v) is 7.44. The van der Waals surface area contributed by atoms with Crippen LogP contribution in [0, 0.1) is 0 Å². The van der Waals surface area contributed by atoms with Crippen molar-refractivity contribution in [2.75, 3.05) is 13.6 Å². The summed E-state index contributed by atoms with van der Waals surface area (Å²) < 4.78 is 26.3. The molecule has 0 bridgehead atoms. The van der Waals surface area contributed by atoms with Crippen molar-refractivity contribution in [3.8, 4) is 0 Å². The molecule has 0 aliphatic rings. The molecule has 1 atom stereocenters. The quantitative estimate of drug-likeness (QED) is 0.823. The van der Waals surface area contributed by atoms with E-state index in [1.807, 2.05) is 0 Å². The lowest BCUT2D eigenvalue weighted by atomic mass is 10.3. The molecule has 1 unspecified atom stereocenters. The SMILES string of the molecule is CC(CN)N(C)S(=O)(=O)c1cc(Br)c(Cl)cc1Cl. The average molecular weight is 376 g/mol. The number of halogens is 3. The Morgan fingerprint density at radius 2 is 1.94 bits per heavy atom. The summed E-state index contributed by atoms with van der Waals surface area (Å²) in [6, 6.07) is 2.46. The Kier molecular flexibility index (Phi) is 5.46. The van der Waals surface area contributed by atoms with Gasteiger partial charge in [-0.05, 0) is 35.0 Å². The minimum absolute atomic E-state index is 0.00300. The third-order valence-corrected chi connectivity index (χ3v) is 6.23. The molecule has 0 saturated heterocycles. The van der Waals surface area contributed by atoms with E-state index in [9.17, 15) is 8.42 Å². The Balaban J connectivity index is 3.33. The molecular weight excluding hydrogens is 363 g/mol. The largest absolute Gasteiger partial charge is 0.329 e. The molecule has 8 heteroatoms. The first-order valence-corrected chi connectivity index (χ1v) is 8.03. The maximum atomic E-state index is 12.3. The molecule has 4 nitrogen and oxygen atoms in total. The first kappa shape index (κ1) is 16.2. The third-order valence-electron chi connectivity index (χ3n) is 2.59. The minimum atomic E-state index is -3.69. The molecule has 0 heterocycles. The molecule has 0 fully saturated rings. The lowest BCUT2D eigenvalue weighted by molar-refractivity contribution is 0.394. The van der Waals surface area contributed by atoms with Gasteiger partial charge in [0.2, 0.25) is 10.0 Å². The van der Waals surface area contributed by atoms with Crippen molar-refractivity contribution < 1.29 is 8.42 Å². The maximum Gasteiger partial charge on any atom is 0.244 e. The maximum absolute atomic E-state index is 12.3. The van der Waals surface area contributed by atoms with Crippen LogP contribution in [0.15, 0.2) is 21.5 Å². The van der Waals surface area contributed by atoms with Crippen molar-refractivity contribution in [1.29, 1.82) is 0 Å². The summed E-state index contributed by atoms with van der Waals surface area (Å²) >= 11 is 15.0. The molecule has 1 rings (SSSR count). The lowest BCUT2D eigenvalue weighted by Gasteiger charge is -2.23. The van der Waals surface area contributed by atoms with E-state index in [1.54, 1.807) is 6.92 Å². The zero-order chi connectivity index (χ0) is 14.1. The fourth-order valence-electron chi connectivity index (χ4n) is 1.24. The van der Waals surface area contributed by atoms with Gasteiger partial charge in [0.1, 0.15) is 4.90 Å². The van der Waals surface area contributed by atoms with Crippen molar-refractivity contribution in [2.24, 2.45) is 5.73 Å². The number of hydrogen-bond acceptors (Lipinski definition) is 3. The lowest BCUT2D eigenvalue weighted by Crippen LogP contribution is -2.39. The van der Waals surface area contributed by atoms with E-state index < -0.39 is 10.0 Å². The number of likely N-dealkylation sites (N-methyl/N-ethyl adjacent to an activating group) is 1. The van der Waals surface area contributed by atoms with E-state index in [2.05, 4.69) is 15.9 Å². The highest BCUT2D eigenvalue weighted by Gasteiger charge is 2.27. The van der Waals surface area contributed by atoms with Gasteiger partial charge in [-0.1, -0.05) is 23.2 Å². The molecule has 0 aromatic heterocycles. The number of benzene rings is 1. The summed E-state index contributed by atoms with van der Waals surface area (Å²) in [4.78, 5) is 0.00300. The Labute approximate surface area is 125 Å². The first-order chi connectivity index (χ1) is 8.21. The van der Waals surface area contributed by atoms with Crippen LogP contribution in [0.25, 0.3) is 0 Å². The fourth-order valence-corrected chi connectivity index (χ4v) is 3.86. The highest BCUT2D eigenvalue weighted by molar-refractivity contribution is 9.10. The molecule has 0 amide bonds. The highest BCUT2D eigenvalue weighted by Crippen LogP contribution is 2.33. The van der Waals surface area contributed by atoms with Crippen LogP contribution in [0.5, 0.6) is 0 Å². The molecule has 0 radical (unpaired) electrons. The van der Waals surface area contributed by atoms with Crippen LogP contribution in [0.3, 0.4) is 0 Å². The minimum Gasteiger partial charge on any atom is -0.329 e. The number of nitrogens with two attached hydrogens (primary N) is 1. The van der Waals surface area contributed by atoms with E-state index in [0.29, 0.717) is 9.50 Å². The monoisotopic (exact) mass is 374 g/mol. The van der Waals surface area contributed by atoms with E-state index in [-0.39, 0.29) is 22.5 Å². The van der Waals surface area contributed by atoms with Crippen molar-refractivity contribution in [3.05, 3.63) is 26.7 Å². The Morgan fingerprint density at radius 3 is 2.44 bits per heavy atom. The summed E-state index contributed by atoms with van der Waals surface area (Å²) in [5.41, 5.74) is 5.47. The molecule has 0 aliphatic heterocycles. The van der Waals surface area contributed by atoms with E-state index in [0.717, 1.165) is 0 Å². The van der Waals surface area contributed by atoms with Gasteiger partial charge in [-0.25, -0.2) is 8.42 Å². The summed E-state index contributed by atoms with van der Waals surface area (Å²) in [6.07, 6.45) is 0. The van der Waals surface area contributed by atoms with E-state index >= 15 is 0 Å². The van der Waals surface area contributed by atoms with Crippen molar-refractivity contribution in [2.45, 2.75) is 17.9 Å². The van der Waals surface area contributed by atoms with Crippen molar-refractivity contribution in [3.63, 3.8) is 0 Å². The van der Waals surface area contributed by atoms with Gasteiger partial charge < -0.3 is 5.73 Å². The molecule has 1 aromatic carbocycles. The smallest absolute Gasteiger partial charge is 0.244 e. The fraction of sp³-hybridized carbons (Fsp3) is 0.400. The van der Waals surface area contributed by atoms with E-state index in [4.69, 9.17) is 28.9 Å². The van der Waals surface area contributed by atoms with Crippen LogP contribution >= 0.6 is 39.1 Å². The van der Waals surface area contributed by atoms with Gasteiger partial charge in [0.15, 0.2) is 0 Å². The van der Waals surface area contributed by atoms with Crippen LogP contribution in [0.4, 0.5) is 0 Å². The van der Waals surface area contributed by atoms with Crippen LogP contribution in [0.1, 0.15) is 6.92 Å². The number of nitrogens with zero attached hydrogens (tertiary/aromatic N) is 1. The Bertz CT molecular complexity index is 551. The van der Waals surface area contributed by atoms with Gasteiger partial charge in [0, 0.05) is 24.1 Å². The summed E-state index contributed by atoms with van der Waals surface area (Å²) in [5, 5.41) is 0.438. The zero-order valence-corrected chi connectivity index (χ0v) is 13.7. The zero-order valence-electron chi connectivity index (χ0n) is 9.82. The van der Waals surface area contributed by atoms with E-state index in [1.165, 1.54) is 23.5 Å². The van der Waals surface area contributed by atoms with Crippen molar-refractivity contribution in [1.82, 2.24) is 4.31 Å². The average Bonchev–Trinajstić information content (AvgIpc) is 2.31. The van der Waals surface area contributed by atoms with Crippen LogP contribution in [-0.4, -0.2) is 32.4 Å². The van der Waals surface area contributed by atoms with Crippen LogP contribution in [0.2, 0.25) is 10.0 Å². The van der Waals surface area contributed by atoms with Gasteiger partial charge in [-0.3, -0.25) is 0 Å². The molecule has 1 aromatic rings. The Morgan fingerprint density at radius 1 is 1.39 bits per heavy atom. The molecular formula is C10H13BrCl2N2O2S. The number of rotatable bonds is 4. The normalized spacial score (nSPS) is 13.9. The summed E-state index contributed by atoms with van der Waals surface area (Å²) in [6.45, 7) is 1.94. The van der Waals surface area contributed by atoms with Gasteiger partial charge in [0.05, 0.1) is 10.0 Å². The van der Waals surface area contributed by atoms with Gasteiger partial charge in [0.25, 0.3) is 0 Å². The topological polar surface area (TPSA) is 63.4 Å². The molecule has 0 aliphatic carbocycles. The summed E-state index contributed by atoms with van der Waals surface area (Å²) in [5.74, 6) is 0. The second kappa shape index (κ2) is 6.07. The molecule has 102 valence electrons. The predicted molar refractivity (Wildman–Crippen MR) is 77.6 cm³/mol. The van der Waals surface area contributed by atoms with Gasteiger partial charge in [-0.15, -0.1) is 0 Å². The van der Waals surface area contributed by atoms with Gasteiger partial charge in [-0.2, -0.15) is 4.31 Å². The molecule has 0 saturated carbocycles. The first-order valence-electron chi connectivity index (χ1n) is 5.04. The predicted octanol–water partition coefficient (Wildman–Crippen LogP) is 2.72. The van der Waals surface area contributed by atoms with Crippen molar-refractivity contribution >= 4 is 49.2 Å². The van der Waals surface area contributed by atoms with Crippen LogP contribution in [-0.2, 0) is 10.0 Å². The summed E-state index contributed by atoms with van der Waals surface area (Å²) in [7, 11) is -2.22. The second-order valence-electron chi connectivity index (χ2n) is 3.80. The molecule has 18 heavy (non-hydrogen) atoms. The molecule has 0 spiro atoms. The molecule has 2 N–H and O–H groups in total. The number of sulfonamides is 1. The number of hydrogen-bond donors (Lipinski definition) is 1. The highest BCUT2D eigenvalue weighted by atomic mass is 79.9.